The van der Waals surface area contributed by atoms with Crippen molar-refractivity contribution in [1.82, 2.24) is 0 Å². The minimum atomic E-state index is -0.0896. The molecule has 0 amide bonds. The first kappa shape index (κ1) is 20.6. The average molecular weight is 423 g/mol. The zero-order valence-electron chi connectivity index (χ0n) is 19.1. The molecule has 0 heterocycles. The fourth-order valence-electron chi connectivity index (χ4n) is 5.81. The van der Waals surface area contributed by atoms with Crippen LogP contribution in [0.15, 0.2) is 72.8 Å². The summed E-state index contributed by atoms with van der Waals surface area (Å²) in [7, 11) is 1.70. The van der Waals surface area contributed by atoms with Gasteiger partial charge in [-0.1, -0.05) is 69.2 Å². The second-order valence-electron chi connectivity index (χ2n) is 8.94. The molecule has 0 aromatic heterocycles. The minimum Gasteiger partial charge on any atom is -0.507 e. The molecule has 1 aliphatic carbocycles. The molecule has 162 valence electrons. The second-order valence-corrected chi connectivity index (χ2v) is 8.94. The third kappa shape index (κ3) is 3.01. The number of methoxy groups -OCH3 is 1. The van der Waals surface area contributed by atoms with Crippen LogP contribution in [0, 0.1) is 0 Å². The van der Waals surface area contributed by atoms with Crippen molar-refractivity contribution in [3.8, 4) is 33.8 Å². The minimum absolute atomic E-state index is 0.0896. The van der Waals surface area contributed by atoms with E-state index in [2.05, 4.69) is 68.4 Å². The van der Waals surface area contributed by atoms with Crippen LogP contribution in [0.3, 0.4) is 0 Å². The highest BCUT2D eigenvalue weighted by atomic mass is 16.5. The number of fused-ring (bicyclic) bond motifs is 5. The largest absolute Gasteiger partial charge is 0.507 e. The lowest BCUT2D eigenvalue weighted by atomic mass is 9.71. The van der Waals surface area contributed by atoms with Crippen LogP contribution in [0.25, 0.3) is 33.0 Å². The highest BCUT2D eigenvalue weighted by Gasteiger charge is 2.43. The Morgan fingerprint density at radius 1 is 0.750 bits per heavy atom. The zero-order chi connectivity index (χ0) is 22.3. The number of phenolic OH excluding ortho intramolecular Hbond substituents is 1. The molecule has 0 fully saturated rings. The maximum absolute atomic E-state index is 11.0. The number of rotatable bonds is 6. The Labute approximate surface area is 190 Å². The Balaban J connectivity index is 1.86. The molecule has 1 N–H and O–H groups in total. The molecular weight excluding hydrogens is 392 g/mol. The number of ether oxygens (including phenoxy) is 1. The van der Waals surface area contributed by atoms with Crippen molar-refractivity contribution in [1.29, 1.82) is 0 Å². The third-order valence-electron chi connectivity index (χ3n) is 7.10. The van der Waals surface area contributed by atoms with E-state index in [1.54, 1.807) is 7.11 Å². The number of hydrogen-bond donors (Lipinski definition) is 1. The molecule has 4 aromatic rings. The van der Waals surface area contributed by atoms with Gasteiger partial charge in [-0.3, -0.25) is 0 Å². The van der Waals surface area contributed by atoms with Crippen molar-refractivity contribution in [3.05, 3.63) is 83.9 Å². The fraction of sp³-hybridized carbons (Fsp3) is 0.267. The molecule has 2 nitrogen and oxygen atoms in total. The summed E-state index contributed by atoms with van der Waals surface area (Å²) in [5.41, 5.74) is 7.61. The van der Waals surface area contributed by atoms with E-state index in [9.17, 15) is 5.11 Å². The molecule has 0 unspecified atom stereocenters. The van der Waals surface area contributed by atoms with Gasteiger partial charge in [-0.25, -0.2) is 0 Å². The molecule has 2 heteroatoms. The van der Waals surface area contributed by atoms with Gasteiger partial charge in [-0.15, -0.1) is 0 Å². The van der Waals surface area contributed by atoms with Gasteiger partial charge in [0.15, 0.2) is 0 Å². The maximum atomic E-state index is 11.0. The Hall–Kier alpha value is -3.26. The number of benzene rings is 4. The highest BCUT2D eigenvalue weighted by Crippen LogP contribution is 2.57. The van der Waals surface area contributed by atoms with Gasteiger partial charge in [0.05, 0.1) is 7.11 Å². The van der Waals surface area contributed by atoms with Crippen LogP contribution in [0.1, 0.15) is 50.7 Å². The van der Waals surface area contributed by atoms with E-state index in [-0.39, 0.29) is 5.41 Å². The summed E-state index contributed by atoms with van der Waals surface area (Å²) in [6, 6.07) is 25.6. The average Bonchev–Trinajstić information content (AvgIpc) is 3.09. The Bertz CT molecular complexity index is 1280. The topological polar surface area (TPSA) is 29.5 Å². The molecule has 0 saturated heterocycles. The van der Waals surface area contributed by atoms with Gasteiger partial charge in [-0.2, -0.15) is 0 Å². The van der Waals surface area contributed by atoms with Gasteiger partial charge in [-0.05, 0) is 81.9 Å². The first-order valence-electron chi connectivity index (χ1n) is 11.7. The summed E-state index contributed by atoms with van der Waals surface area (Å²) in [5, 5.41) is 13.0. The van der Waals surface area contributed by atoms with Crippen molar-refractivity contribution in [2.24, 2.45) is 0 Å². The lowest BCUT2D eigenvalue weighted by Crippen LogP contribution is -2.25. The summed E-state index contributed by atoms with van der Waals surface area (Å²) in [6.45, 7) is 4.53. The summed E-state index contributed by atoms with van der Waals surface area (Å²) in [4.78, 5) is 0. The molecule has 1 aliphatic rings. The Morgan fingerprint density at radius 3 is 2.19 bits per heavy atom. The van der Waals surface area contributed by atoms with Gasteiger partial charge in [0, 0.05) is 10.8 Å². The van der Waals surface area contributed by atoms with E-state index in [1.807, 2.05) is 18.2 Å². The van der Waals surface area contributed by atoms with Crippen molar-refractivity contribution < 1.29 is 9.84 Å². The van der Waals surface area contributed by atoms with Gasteiger partial charge in [0.1, 0.15) is 11.5 Å². The van der Waals surface area contributed by atoms with E-state index in [1.165, 1.54) is 33.4 Å². The molecular formula is C30H30O2. The number of phenols is 1. The van der Waals surface area contributed by atoms with Crippen LogP contribution in [-0.4, -0.2) is 12.2 Å². The Kier molecular flexibility index (Phi) is 5.17. The SMILES string of the molecule is CCCC1(CCC)c2cc(-c3ccccc3)ccc2-c2c1cc(O)c1ccc(OC)cc21. The van der Waals surface area contributed by atoms with E-state index < -0.39 is 0 Å². The molecule has 0 atom stereocenters. The highest BCUT2D eigenvalue weighted by molar-refractivity contribution is 6.06. The quantitative estimate of drug-likeness (QED) is 0.340. The van der Waals surface area contributed by atoms with E-state index in [4.69, 9.17) is 4.74 Å². The second kappa shape index (κ2) is 8.02. The molecule has 5 rings (SSSR count). The van der Waals surface area contributed by atoms with Gasteiger partial charge >= 0.3 is 0 Å². The summed E-state index contributed by atoms with van der Waals surface area (Å²) >= 11 is 0. The maximum Gasteiger partial charge on any atom is 0.123 e. The van der Waals surface area contributed by atoms with E-state index >= 15 is 0 Å². The van der Waals surface area contributed by atoms with Crippen molar-refractivity contribution in [3.63, 3.8) is 0 Å². The number of hydrogen-bond acceptors (Lipinski definition) is 2. The van der Waals surface area contributed by atoms with Crippen LogP contribution in [-0.2, 0) is 5.41 Å². The third-order valence-corrected chi connectivity index (χ3v) is 7.10. The molecule has 32 heavy (non-hydrogen) atoms. The first-order chi connectivity index (χ1) is 15.6. The lowest BCUT2D eigenvalue weighted by Gasteiger charge is -2.32. The number of aromatic hydroxyl groups is 1. The standard InChI is InChI=1S/C30H30O2/c1-4-15-30(16-5-2)26-17-21(20-9-7-6-8-10-20)11-13-24(26)29-25-18-22(32-3)12-14-23(25)28(31)19-27(29)30/h6-14,17-19,31H,4-5,15-16H2,1-3H3. The van der Waals surface area contributed by atoms with Gasteiger partial charge in [0.25, 0.3) is 0 Å². The molecule has 0 radical (unpaired) electrons. The van der Waals surface area contributed by atoms with Crippen LogP contribution >= 0.6 is 0 Å². The van der Waals surface area contributed by atoms with Crippen LogP contribution < -0.4 is 4.74 Å². The summed E-state index contributed by atoms with van der Waals surface area (Å²) in [5.74, 6) is 1.17. The zero-order valence-corrected chi connectivity index (χ0v) is 19.1. The van der Waals surface area contributed by atoms with E-state index in [0.717, 1.165) is 42.2 Å². The lowest BCUT2D eigenvalue weighted by molar-refractivity contribution is 0.415. The molecule has 0 saturated carbocycles. The summed E-state index contributed by atoms with van der Waals surface area (Å²) in [6.07, 6.45) is 4.30. The van der Waals surface area contributed by atoms with Crippen LogP contribution in [0.5, 0.6) is 11.5 Å². The van der Waals surface area contributed by atoms with Crippen molar-refractivity contribution in [2.45, 2.75) is 44.9 Å². The predicted octanol–water partition coefficient (Wildman–Crippen LogP) is 8.09. The smallest absolute Gasteiger partial charge is 0.123 e. The first-order valence-corrected chi connectivity index (χ1v) is 11.7. The fourth-order valence-corrected chi connectivity index (χ4v) is 5.81. The Morgan fingerprint density at radius 2 is 1.50 bits per heavy atom. The van der Waals surface area contributed by atoms with Gasteiger partial charge in [0.2, 0.25) is 0 Å². The predicted molar refractivity (Wildman–Crippen MR) is 134 cm³/mol. The molecule has 4 aromatic carbocycles. The molecule has 0 bridgehead atoms. The van der Waals surface area contributed by atoms with Crippen molar-refractivity contribution in [2.75, 3.05) is 7.11 Å². The van der Waals surface area contributed by atoms with Crippen LogP contribution in [0.2, 0.25) is 0 Å². The van der Waals surface area contributed by atoms with Crippen LogP contribution in [0.4, 0.5) is 0 Å². The monoisotopic (exact) mass is 422 g/mol. The van der Waals surface area contributed by atoms with Gasteiger partial charge < -0.3 is 9.84 Å². The molecule has 0 aliphatic heterocycles. The normalized spacial score (nSPS) is 13.7. The summed E-state index contributed by atoms with van der Waals surface area (Å²) < 4.78 is 5.55. The molecule has 0 spiro atoms. The van der Waals surface area contributed by atoms with Crippen molar-refractivity contribution >= 4 is 10.8 Å². The van der Waals surface area contributed by atoms with E-state index in [0.29, 0.717) is 5.75 Å².